The van der Waals surface area contributed by atoms with Crippen LogP contribution in [0.5, 0.6) is 17.2 Å². The van der Waals surface area contributed by atoms with Crippen LogP contribution in [0.2, 0.25) is 0 Å². The molecule has 0 saturated heterocycles. The van der Waals surface area contributed by atoms with Gasteiger partial charge in [0.15, 0.2) is 0 Å². The SMILES string of the molecule is COc1cc(Cn2nc(C)c(-c3ccccc3OCc3ccccc3)c(C=Cc3cccc(F)c3)c2=O)cc(OC)c1. The molecule has 0 N–H and O–H groups in total. The number of aromatic nitrogens is 2. The lowest BCUT2D eigenvalue weighted by atomic mass is 9.97. The molecule has 42 heavy (non-hydrogen) atoms. The lowest BCUT2D eigenvalue weighted by Crippen LogP contribution is -2.27. The van der Waals surface area contributed by atoms with E-state index in [1.165, 1.54) is 16.8 Å². The predicted octanol–water partition coefficient (Wildman–Crippen LogP) is 7.17. The summed E-state index contributed by atoms with van der Waals surface area (Å²) in [5.74, 6) is 1.50. The Bertz CT molecular complexity index is 1760. The molecule has 0 spiro atoms. The van der Waals surface area contributed by atoms with Crippen LogP contribution in [-0.2, 0) is 13.2 Å². The Hall–Kier alpha value is -5.17. The molecular formula is C35H31FN2O4. The van der Waals surface area contributed by atoms with Gasteiger partial charge in [-0.2, -0.15) is 5.10 Å². The summed E-state index contributed by atoms with van der Waals surface area (Å²) in [4.78, 5) is 14.1. The number of nitrogens with zero attached hydrogens (tertiary/aromatic N) is 2. The summed E-state index contributed by atoms with van der Waals surface area (Å²) in [6.07, 6.45) is 3.45. The molecule has 5 aromatic rings. The molecule has 1 aromatic heterocycles. The molecule has 5 rings (SSSR count). The van der Waals surface area contributed by atoms with Gasteiger partial charge in [0.2, 0.25) is 0 Å². The van der Waals surface area contributed by atoms with Gasteiger partial charge in [-0.15, -0.1) is 0 Å². The van der Waals surface area contributed by atoms with E-state index in [1.54, 1.807) is 44.6 Å². The zero-order valence-corrected chi connectivity index (χ0v) is 23.7. The predicted molar refractivity (Wildman–Crippen MR) is 163 cm³/mol. The van der Waals surface area contributed by atoms with Crippen molar-refractivity contribution >= 4 is 12.2 Å². The van der Waals surface area contributed by atoms with Gasteiger partial charge in [-0.1, -0.05) is 66.7 Å². The fraction of sp³-hybridized carbons (Fsp3) is 0.143. The van der Waals surface area contributed by atoms with Crippen LogP contribution in [0.25, 0.3) is 23.3 Å². The summed E-state index contributed by atoms with van der Waals surface area (Å²) >= 11 is 0. The van der Waals surface area contributed by atoms with Crippen LogP contribution in [0.4, 0.5) is 4.39 Å². The molecule has 0 atom stereocenters. The molecule has 4 aromatic carbocycles. The molecule has 0 aliphatic rings. The van der Waals surface area contributed by atoms with Crippen molar-refractivity contribution in [2.24, 2.45) is 0 Å². The quantitative estimate of drug-likeness (QED) is 0.181. The highest BCUT2D eigenvalue weighted by atomic mass is 19.1. The van der Waals surface area contributed by atoms with Gasteiger partial charge in [0.05, 0.1) is 32.0 Å². The third-order valence-electron chi connectivity index (χ3n) is 6.79. The van der Waals surface area contributed by atoms with Crippen LogP contribution < -0.4 is 19.8 Å². The number of methoxy groups -OCH3 is 2. The van der Waals surface area contributed by atoms with E-state index in [-0.39, 0.29) is 17.9 Å². The maximum absolute atomic E-state index is 14.1. The van der Waals surface area contributed by atoms with E-state index in [4.69, 9.17) is 19.3 Å². The molecule has 0 radical (unpaired) electrons. The molecule has 0 unspecified atom stereocenters. The first-order chi connectivity index (χ1) is 20.4. The van der Waals surface area contributed by atoms with E-state index in [0.29, 0.717) is 46.2 Å². The minimum atomic E-state index is -0.354. The Labute approximate surface area is 244 Å². The van der Waals surface area contributed by atoms with Gasteiger partial charge < -0.3 is 14.2 Å². The van der Waals surface area contributed by atoms with Crippen molar-refractivity contribution in [3.8, 4) is 28.4 Å². The van der Waals surface area contributed by atoms with Crippen molar-refractivity contribution in [2.75, 3.05) is 14.2 Å². The van der Waals surface area contributed by atoms with Gasteiger partial charge in [0.1, 0.15) is 29.7 Å². The third kappa shape index (κ3) is 6.58. The van der Waals surface area contributed by atoms with Crippen molar-refractivity contribution in [3.05, 3.63) is 141 Å². The standard InChI is InChI=1S/C35H31FN2O4/c1-24-34(31-14-7-8-15-33(31)42-23-26-10-5-4-6-11-26)32(17-16-25-12-9-13-28(36)18-25)35(39)38(37-24)22-27-19-29(40-2)21-30(20-27)41-3/h4-21H,22-23H2,1-3H3. The largest absolute Gasteiger partial charge is 0.497 e. The second-order valence-electron chi connectivity index (χ2n) is 9.72. The Morgan fingerprint density at radius 3 is 2.24 bits per heavy atom. The Kier molecular flexibility index (Phi) is 8.78. The summed E-state index contributed by atoms with van der Waals surface area (Å²) < 4.78 is 32.4. The maximum Gasteiger partial charge on any atom is 0.274 e. The minimum absolute atomic E-state index is 0.195. The van der Waals surface area contributed by atoms with E-state index in [1.807, 2.05) is 73.7 Å². The molecule has 0 fully saturated rings. The molecule has 0 bridgehead atoms. The maximum atomic E-state index is 14.1. The number of ether oxygens (including phenoxy) is 3. The summed E-state index contributed by atoms with van der Waals surface area (Å²) in [6, 6.07) is 29.2. The molecule has 7 heteroatoms. The zero-order chi connectivity index (χ0) is 29.5. The molecule has 0 amide bonds. The van der Waals surface area contributed by atoms with Gasteiger partial charge in [0.25, 0.3) is 5.56 Å². The normalized spacial score (nSPS) is 11.0. The fourth-order valence-electron chi connectivity index (χ4n) is 4.77. The van der Waals surface area contributed by atoms with Crippen LogP contribution >= 0.6 is 0 Å². The number of hydrogen-bond donors (Lipinski definition) is 0. The lowest BCUT2D eigenvalue weighted by molar-refractivity contribution is 0.307. The topological polar surface area (TPSA) is 62.6 Å². The highest BCUT2D eigenvalue weighted by Gasteiger charge is 2.19. The van der Waals surface area contributed by atoms with Gasteiger partial charge in [0, 0.05) is 17.2 Å². The summed E-state index contributed by atoms with van der Waals surface area (Å²) in [5, 5.41) is 4.72. The first-order valence-electron chi connectivity index (χ1n) is 13.5. The van der Waals surface area contributed by atoms with Crippen LogP contribution in [0.3, 0.4) is 0 Å². The van der Waals surface area contributed by atoms with E-state index < -0.39 is 0 Å². The Morgan fingerprint density at radius 1 is 0.810 bits per heavy atom. The van der Waals surface area contributed by atoms with Crippen LogP contribution in [-0.4, -0.2) is 24.0 Å². The molecule has 6 nitrogen and oxygen atoms in total. The van der Waals surface area contributed by atoms with Gasteiger partial charge in [-0.25, -0.2) is 9.07 Å². The van der Waals surface area contributed by atoms with Crippen molar-refractivity contribution in [1.82, 2.24) is 9.78 Å². The highest BCUT2D eigenvalue weighted by Crippen LogP contribution is 2.34. The molecule has 1 heterocycles. The number of benzene rings is 4. The number of para-hydroxylation sites is 1. The first kappa shape index (κ1) is 28.4. The zero-order valence-electron chi connectivity index (χ0n) is 23.7. The van der Waals surface area contributed by atoms with E-state index in [2.05, 4.69) is 0 Å². The average Bonchev–Trinajstić information content (AvgIpc) is 3.01. The average molecular weight is 563 g/mol. The minimum Gasteiger partial charge on any atom is -0.497 e. The Balaban J connectivity index is 1.62. The Morgan fingerprint density at radius 2 is 1.52 bits per heavy atom. The molecule has 212 valence electrons. The molecule has 0 aliphatic carbocycles. The van der Waals surface area contributed by atoms with E-state index in [9.17, 15) is 9.18 Å². The third-order valence-corrected chi connectivity index (χ3v) is 6.79. The molecule has 0 saturated carbocycles. The number of rotatable bonds is 10. The first-order valence-corrected chi connectivity index (χ1v) is 13.5. The van der Waals surface area contributed by atoms with Crippen molar-refractivity contribution in [2.45, 2.75) is 20.1 Å². The number of aryl methyl sites for hydroxylation is 1. The number of halogens is 1. The van der Waals surface area contributed by atoms with Gasteiger partial charge in [-0.3, -0.25) is 4.79 Å². The van der Waals surface area contributed by atoms with Crippen molar-refractivity contribution in [3.63, 3.8) is 0 Å². The van der Waals surface area contributed by atoms with E-state index >= 15 is 0 Å². The lowest BCUT2D eigenvalue weighted by Gasteiger charge is -2.17. The summed E-state index contributed by atoms with van der Waals surface area (Å²) in [6.45, 7) is 2.43. The second-order valence-corrected chi connectivity index (χ2v) is 9.72. The van der Waals surface area contributed by atoms with Crippen molar-refractivity contribution in [1.29, 1.82) is 0 Å². The van der Waals surface area contributed by atoms with Crippen LogP contribution in [0.1, 0.15) is 27.9 Å². The highest BCUT2D eigenvalue weighted by molar-refractivity contribution is 5.84. The van der Waals surface area contributed by atoms with Crippen LogP contribution in [0, 0.1) is 12.7 Å². The monoisotopic (exact) mass is 562 g/mol. The summed E-state index contributed by atoms with van der Waals surface area (Å²) in [5.41, 5.74) is 4.59. The van der Waals surface area contributed by atoms with E-state index in [0.717, 1.165) is 16.7 Å². The second kappa shape index (κ2) is 13.0. The van der Waals surface area contributed by atoms with Gasteiger partial charge >= 0.3 is 0 Å². The van der Waals surface area contributed by atoms with Crippen molar-refractivity contribution < 1.29 is 18.6 Å². The smallest absolute Gasteiger partial charge is 0.274 e. The fourth-order valence-corrected chi connectivity index (χ4v) is 4.77. The van der Waals surface area contributed by atoms with Crippen LogP contribution in [0.15, 0.2) is 102 Å². The van der Waals surface area contributed by atoms with Gasteiger partial charge in [-0.05, 0) is 60.0 Å². The number of hydrogen-bond acceptors (Lipinski definition) is 5. The molecular weight excluding hydrogens is 531 g/mol. The molecule has 0 aliphatic heterocycles. The summed E-state index contributed by atoms with van der Waals surface area (Å²) in [7, 11) is 3.16.